The second kappa shape index (κ2) is 3.64. The maximum Gasteiger partial charge on any atom is 0.333 e. The lowest BCUT2D eigenvalue weighted by Crippen LogP contribution is -1.86. The first-order valence-corrected chi connectivity index (χ1v) is 3.67. The van der Waals surface area contributed by atoms with Gasteiger partial charge in [-0.1, -0.05) is 0 Å². The van der Waals surface area contributed by atoms with E-state index in [4.69, 9.17) is 14.7 Å². The van der Waals surface area contributed by atoms with Crippen molar-refractivity contribution < 1.29 is 19.0 Å². The second-order valence-electron chi connectivity index (χ2n) is 0.637. The maximum atomic E-state index is 8.04. The van der Waals surface area contributed by atoms with Crippen LogP contribution in [0.1, 0.15) is 0 Å². The first-order valence-electron chi connectivity index (χ1n) is 1.22. The zero-order valence-corrected chi connectivity index (χ0v) is 5.01. The summed E-state index contributed by atoms with van der Waals surface area (Å²) >= 11 is 0. The largest absolute Gasteiger partial charge is 0.338 e. The monoisotopic (exact) mass is 145 g/mol. The first kappa shape index (κ1) is 7.66. The van der Waals surface area contributed by atoms with Gasteiger partial charge < -0.3 is 14.7 Å². The van der Waals surface area contributed by atoms with Crippen molar-refractivity contribution in [2.75, 3.05) is 0 Å². The van der Waals surface area contributed by atoms with E-state index >= 15 is 0 Å². The minimum atomic E-state index is -2.49. The molecule has 0 bridgehead atoms. The molecule has 7 heavy (non-hydrogen) atoms. The van der Waals surface area contributed by atoms with Crippen molar-refractivity contribution in [1.82, 2.24) is 0 Å². The lowest BCUT2D eigenvalue weighted by Gasteiger charge is -2.01. The van der Waals surface area contributed by atoms with Crippen LogP contribution in [0.15, 0.2) is 0 Å². The quantitative estimate of drug-likeness (QED) is 0.389. The first-order chi connectivity index (χ1) is 3.13. The predicted molar refractivity (Wildman–Crippen MR) is 25.8 cm³/mol. The SMILES string of the molecule is NP(O)OP(O)O. The molecule has 0 aromatic carbocycles. The maximum absolute atomic E-state index is 8.04. The van der Waals surface area contributed by atoms with E-state index < -0.39 is 17.1 Å². The molecule has 0 radical (unpaired) electrons. The minimum Gasteiger partial charge on any atom is -0.338 e. The Kier molecular flexibility index (Phi) is 3.98. The zero-order chi connectivity index (χ0) is 5.86. The Balaban J connectivity index is 2.95. The summed E-state index contributed by atoms with van der Waals surface area (Å²) in [6.07, 6.45) is 0. The Morgan fingerprint density at radius 2 is 1.71 bits per heavy atom. The van der Waals surface area contributed by atoms with Gasteiger partial charge in [-0.15, -0.1) is 0 Å². The Bertz CT molecular complexity index is 39.0. The van der Waals surface area contributed by atoms with Gasteiger partial charge in [0.2, 0.25) is 0 Å². The highest BCUT2D eigenvalue weighted by atomic mass is 31.2. The molecule has 7 heteroatoms. The fourth-order valence-corrected chi connectivity index (χ4v) is 0.673. The number of hydrogen-bond donors (Lipinski definition) is 4. The van der Waals surface area contributed by atoms with Crippen molar-refractivity contribution in [2.24, 2.45) is 5.50 Å². The summed E-state index contributed by atoms with van der Waals surface area (Å²) in [7, 11) is -4.60. The molecule has 0 amide bonds. The van der Waals surface area contributed by atoms with Crippen LogP contribution in [0.4, 0.5) is 0 Å². The summed E-state index contributed by atoms with van der Waals surface area (Å²) in [5.41, 5.74) is 4.59. The van der Waals surface area contributed by atoms with Gasteiger partial charge in [-0.25, -0.2) is 4.31 Å². The Labute approximate surface area is 42.7 Å². The molecule has 1 unspecified atom stereocenters. The highest BCUT2D eigenvalue weighted by Crippen LogP contribution is 2.39. The van der Waals surface area contributed by atoms with Crippen LogP contribution in [-0.2, 0) is 4.31 Å². The number of hydrogen-bond acceptors (Lipinski definition) is 5. The summed E-state index contributed by atoms with van der Waals surface area (Å²) in [5.74, 6) is 0. The summed E-state index contributed by atoms with van der Waals surface area (Å²) < 4.78 is 3.82. The Hall–Kier alpha value is 0.660. The van der Waals surface area contributed by atoms with E-state index in [1.807, 2.05) is 0 Å². The van der Waals surface area contributed by atoms with Crippen molar-refractivity contribution >= 4 is 17.1 Å². The van der Waals surface area contributed by atoms with Gasteiger partial charge in [-0.3, -0.25) is 5.50 Å². The molecule has 0 aliphatic heterocycles. The van der Waals surface area contributed by atoms with Crippen molar-refractivity contribution in [1.29, 1.82) is 0 Å². The molecule has 0 saturated heterocycles. The van der Waals surface area contributed by atoms with Crippen LogP contribution in [-0.4, -0.2) is 14.7 Å². The molecule has 0 aliphatic carbocycles. The van der Waals surface area contributed by atoms with Crippen LogP contribution in [0.2, 0.25) is 0 Å². The Morgan fingerprint density at radius 1 is 1.29 bits per heavy atom. The summed E-state index contributed by atoms with van der Waals surface area (Å²) in [4.78, 5) is 23.8. The standard InChI is InChI=1S/H5NO4P2/c1-6(2)5-7(3)4/h2-4H,1H2. The molecular formula is H5NO4P2. The fraction of sp³-hybridized carbons (Fsp3) is 0. The van der Waals surface area contributed by atoms with Crippen molar-refractivity contribution in [3.05, 3.63) is 0 Å². The van der Waals surface area contributed by atoms with Gasteiger partial charge in [0.25, 0.3) is 8.53 Å². The van der Waals surface area contributed by atoms with Crippen molar-refractivity contribution in [3.8, 4) is 0 Å². The molecule has 0 saturated carbocycles. The zero-order valence-electron chi connectivity index (χ0n) is 3.22. The third kappa shape index (κ3) is 6.66. The molecule has 5 N–H and O–H groups in total. The number of nitrogens with two attached hydrogens (primary N) is 1. The van der Waals surface area contributed by atoms with E-state index in [-0.39, 0.29) is 0 Å². The summed E-state index contributed by atoms with van der Waals surface area (Å²) in [6.45, 7) is 0. The van der Waals surface area contributed by atoms with Gasteiger partial charge in [0.15, 0.2) is 0 Å². The topological polar surface area (TPSA) is 95.9 Å². The Morgan fingerprint density at radius 3 is 1.71 bits per heavy atom. The number of rotatable bonds is 2. The molecule has 0 aliphatic rings. The van der Waals surface area contributed by atoms with Crippen molar-refractivity contribution in [2.45, 2.75) is 0 Å². The van der Waals surface area contributed by atoms with Gasteiger partial charge in [-0.2, -0.15) is 0 Å². The van der Waals surface area contributed by atoms with Crippen LogP contribution in [0.25, 0.3) is 0 Å². The van der Waals surface area contributed by atoms with Gasteiger partial charge >= 0.3 is 8.60 Å². The summed E-state index contributed by atoms with van der Waals surface area (Å²) in [6, 6.07) is 0. The average Bonchev–Trinajstić information content (AvgIpc) is 1.27. The van der Waals surface area contributed by atoms with Gasteiger partial charge in [0.1, 0.15) is 0 Å². The third-order valence-electron chi connectivity index (χ3n) is 0.157. The van der Waals surface area contributed by atoms with E-state index in [1.165, 1.54) is 0 Å². The molecule has 5 nitrogen and oxygen atoms in total. The van der Waals surface area contributed by atoms with E-state index in [0.717, 1.165) is 0 Å². The average molecular weight is 145 g/mol. The van der Waals surface area contributed by atoms with Crippen LogP contribution < -0.4 is 5.50 Å². The predicted octanol–water partition coefficient (Wildman–Crippen LogP) is -0.608. The van der Waals surface area contributed by atoms with E-state index in [0.29, 0.717) is 0 Å². The molecule has 0 spiro atoms. The van der Waals surface area contributed by atoms with Gasteiger partial charge in [0.05, 0.1) is 0 Å². The van der Waals surface area contributed by atoms with E-state index in [2.05, 4.69) is 9.81 Å². The molecular weight excluding hydrogens is 140 g/mol. The highest BCUT2D eigenvalue weighted by Gasteiger charge is 2.03. The molecule has 0 aromatic heterocycles. The third-order valence-corrected chi connectivity index (χ3v) is 1.41. The molecule has 0 aromatic rings. The fourth-order valence-electron chi connectivity index (χ4n) is 0.0748. The highest BCUT2D eigenvalue weighted by molar-refractivity contribution is 7.55. The van der Waals surface area contributed by atoms with Crippen LogP contribution in [0.3, 0.4) is 0 Å². The molecule has 1 atom stereocenters. The van der Waals surface area contributed by atoms with Gasteiger partial charge in [-0.05, 0) is 0 Å². The molecule has 0 heterocycles. The van der Waals surface area contributed by atoms with E-state index in [9.17, 15) is 0 Å². The second-order valence-corrected chi connectivity index (χ2v) is 2.40. The van der Waals surface area contributed by atoms with Crippen molar-refractivity contribution in [3.63, 3.8) is 0 Å². The van der Waals surface area contributed by atoms with Crippen LogP contribution >= 0.6 is 17.1 Å². The smallest absolute Gasteiger partial charge is 0.333 e. The van der Waals surface area contributed by atoms with Crippen LogP contribution in [0.5, 0.6) is 0 Å². The minimum absolute atomic E-state index is 2.11. The van der Waals surface area contributed by atoms with Crippen LogP contribution in [0, 0.1) is 0 Å². The molecule has 44 valence electrons. The summed E-state index contributed by atoms with van der Waals surface area (Å²) in [5, 5.41) is 0. The molecule has 0 rings (SSSR count). The lowest BCUT2D eigenvalue weighted by atomic mass is 13.9. The van der Waals surface area contributed by atoms with Gasteiger partial charge in [0, 0.05) is 0 Å². The normalized spacial score (nSPS) is 15.0. The molecule has 0 fully saturated rings. The lowest BCUT2D eigenvalue weighted by molar-refractivity contribution is 0.369. The van der Waals surface area contributed by atoms with E-state index in [1.54, 1.807) is 0 Å².